The van der Waals surface area contributed by atoms with Crippen molar-refractivity contribution >= 4 is 0 Å². The van der Waals surface area contributed by atoms with E-state index < -0.39 is 11.9 Å². The van der Waals surface area contributed by atoms with Gasteiger partial charge in [-0.1, -0.05) is 26.3 Å². The molecule has 0 aliphatic rings. The molecule has 2 atom stereocenters. The summed E-state index contributed by atoms with van der Waals surface area (Å²) in [5.41, 5.74) is -0.253. The Hall–Kier alpha value is -1.10. The summed E-state index contributed by atoms with van der Waals surface area (Å²) in [5.74, 6) is 0.0494. The van der Waals surface area contributed by atoms with Gasteiger partial charge in [0, 0.05) is 12.1 Å². The molecule has 1 unspecified atom stereocenters. The second-order valence-corrected chi connectivity index (χ2v) is 4.15. The monoisotopic (exact) mass is 247 g/mol. The average Bonchev–Trinajstić information content (AvgIpc) is 2.29. The Morgan fingerprint density at radius 2 is 2.00 bits per heavy atom. The molecule has 1 aromatic heterocycles. The number of hydrogen-bond acceptors (Lipinski definition) is 2. The van der Waals surface area contributed by atoms with Crippen molar-refractivity contribution in [2.45, 2.75) is 32.4 Å². The summed E-state index contributed by atoms with van der Waals surface area (Å²) in [4.78, 5) is 3.40. The van der Waals surface area contributed by atoms with Gasteiger partial charge in [0.05, 0.1) is 6.61 Å². The smallest absolute Gasteiger partial charge is 0.396 e. The molecule has 0 aliphatic carbocycles. The predicted octanol–water partition coefficient (Wildman–Crippen LogP) is 3.22. The zero-order chi connectivity index (χ0) is 13.1. The second-order valence-electron chi connectivity index (χ2n) is 4.15. The number of aliphatic hydroxyl groups excluding tert-OH is 1. The maximum Gasteiger partial charge on any atom is 0.433 e. The summed E-state index contributed by atoms with van der Waals surface area (Å²) in [5, 5.41) is 9.26. The summed E-state index contributed by atoms with van der Waals surface area (Å²) in [7, 11) is 0. The Kier molecular flexibility index (Phi) is 4.51. The van der Waals surface area contributed by atoms with Crippen molar-refractivity contribution in [2.24, 2.45) is 5.92 Å². The maximum absolute atomic E-state index is 12.3. The molecule has 1 N–H and O–H groups in total. The van der Waals surface area contributed by atoms with Crippen LogP contribution in [0.1, 0.15) is 37.4 Å². The zero-order valence-corrected chi connectivity index (χ0v) is 9.83. The van der Waals surface area contributed by atoms with Crippen LogP contribution in [0.25, 0.3) is 0 Å². The van der Waals surface area contributed by atoms with Crippen molar-refractivity contribution in [1.29, 1.82) is 0 Å². The Bertz CT molecular complexity index is 348. The van der Waals surface area contributed by atoms with E-state index in [0.717, 1.165) is 12.5 Å². The van der Waals surface area contributed by atoms with Gasteiger partial charge in [0.1, 0.15) is 5.69 Å². The summed E-state index contributed by atoms with van der Waals surface area (Å²) in [6.45, 7) is 3.85. The predicted molar refractivity (Wildman–Crippen MR) is 58.5 cm³/mol. The van der Waals surface area contributed by atoms with E-state index in [1.807, 2.05) is 13.8 Å². The van der Waals surface area contributed by atoms with E-state index in [2.05, 4.69) is 4.98 Å². The fourth-order valence-corrected chi connectivity index (χ4v) is 1.69. The molecule has 1 heterocycles. The SMILES string of the molecule is CCC(C)[C@H](CO)c1ccc(C(F)(F)F)nc1. The quantitative estimate of drug-likeness (QED) is 0.886. The molecular formula is C12H16F3NO. The number of pyridine rings is 1. The lowest BCUT2D eigenvalue weighted by Gasteiger charge is -2.21. The molecule has 17 heavy (non-hydrogen) atoms. The minimum Gasteiger partial charge on any atom is -0.396 e. The Morgan fingerprint density at radius 1 is 1.35 bits per heavy atom. The molecule has 0 spiro atoms. The van der Waals surface area contributed by atoms with Gasteiger partial charge in [0.25, 0.3) is 0 Å². The number of halogens is 3. The number of nitrogens with zero attached hydrogens (tertiary/aromatic N) is 1. The number of hydrogen-bond donors (Lipinski definition) is 1. The first-order chi connectivity index (χ1) is 7.90. The number of rotatable bonds is 4. The summed E-state index contributed by atoms with van der Waals surface area (Å²) in [6, 6.07) is 2.35. The fraction of sp³-hybridized carbons (Fsp3) is 0.583. The maximum atomic E-state index is 12.3. The molecule has 0 saturated heterocycles. The lowest BCUT2D eigenvalue weighted by atomic mass is 9.87. The van der Waals surface area contributed by atoms with Crippen LogP contribution in [0.5, 0.6) is 0 Å². The highest BCUT2D eigenvalue weighted by molar-refractivity contribution is 5.20. The highest BCUT2D eigenvalue weighted by atomic mass is 19.4. The molecule has 0 radical (unpaired) electrons. The van der Waals surface area contributed by atoms with E-state index in [4.69, 9.17) is 0 Å². The number of alkyl halides is 3. The third kappa shape index (κ3) is 3.43. The van der Waals surface area contributed by atoms with Crippen molar-refractivity contribution in [2.75, 3.05) is 6.61 Å². The molecule has 0 bridgehead atoms. The van der Waals surface area contributed by atoms with E-state index in [-0.39, 0.29) is 18.4 Å². The van der Waals surface area contributed by atoms with Gasteiger partial charge in [-0.2, -0.15) is 13.2 Å². The molecule has 0 fully saturated rings. The van der Waals surface area contributed by atoms with Crippen LogP contribution in [0.2, 0.25) is 0 Å². The lowest BCUT2D eigenvalue weighted by Crippen LogP contribution is -2.15. The molecule has 0 aliphatic heterocycles. The third-order valence-electron chi connectivity index (χ3n) is 3.03. The van der Waals surface area contributed by atoms with Gasteiger partial charge in [0.15, 0.2) is 0 Å². The van der Waals surface area contributed by atoms with Crippen LogP contribution in [0, 0.1) is 5.92 Å². The van der Waals surface area contributed by atoms with Crippen LogP contribution in [-0.4, -0.2) is 16.7 Å². The molecule has 0 amide bonds. The molecule has 1 rings (SSSR count). The van der Waals surface area contributed by atoms with E-state index >= 15 is 0 Å². The van der Waals surface area contributed by atoms with Crippen molar-refractivity contribution in [1.82, 2.24) is 4.98 Å². The van der Waals surface area contributed by atoms with Crippen molar-refractivity contribution in [3.05, 3.63) is 29.6 Å². The van der Waals surface area contributed by atoms with Crippen LogP contribution < -0.4 is 0 Å². The number of aromatic nitrogens is 1. The molecule has 2 nitrogen and oxygen atoms in total. The largest absolute Gasteiger partial charge is 0.433 e. The zero-order valence-electron chi connectivity index (χ0n) is 9.83. The first kappa shape index (κ1) is 14.0. The van der Waals surface area contributed by atoms with Crippen molar-refractivity contribution in [3.63, 3.8) is 0 Å². The van der Waals surface area contributed by atoms with Crippen LogP contribution in [0.4, 0.5) is 13.2 Å². The summed E-state index contributed by atoms with van der Waals surface area (Å²) >= 11 is 0. The van der Waals surface area contributed by atoms with Gasteiger partial charge in [-0.05, 0) is 17.5 Å². The van der Waals surface area contributed by atoms with Gasteiger partial charge < -0.3 is 5.11 Å². The van der Waals surface area contributed by atoms with Gasteiger partial charge in [0.2, 0.25) is 0 Å². The second kappa shape index (κ2) is 5.49. The molecule has 0 saturated carbocycles. The Morgan fingerprint density at radius 3 is 2.35 bits per heavy atom. The molecule has 5 heteroatoms. The summed E-state index contributed by atoms with van der Waals surface area (Å²) < 4.78 is 36.9. The van der Waals surface area contributed by atoms with Gasteiger partial charge in [-0.25, -0.2) is 0 Å². The van der Waals surface area contributed by atoms with E-state index in [1.165, 1.54) is 12.3 Å². The highest BCUT2D eigenvalue weighted by Crippen LogP contribution is 2.30. The average molecular weight is 247 g/mol. The van der Waals surface area contributed by atoms with Gasteiger partial charge in [-0.15, -0.1) is 0 Å². The number of aliphatic hydroxyl groups is 1. The van der Waals surface area contributed by atoms with Gasteiger partial charge in [-0.3, -0.25) is 4.98 Å². The standard InChI is InChI=1S/C12H16F3NO/c1-3-8(2)10(7-17)9-4-5-11(16-6-9)12(13,14)15/h4-6,8,10,17H,3,7H2,1-2H3/t8?,10-/m0/s1. The first-order valence-corrected chi connectivity index (χ1v) is 5.54. The van der Waals surface area contributed by atoms with E-state index in [1.54, 1.807) is 0 Å². The molecule has 1 aromatic rings. The van der Waals surface area contributed by atoms with Crippen LogP contribution in [-0.2, 0) is 6.18 Å². The molecule has 96 valence electrons. The molecule has 0 aromatic carbocycles. The normalized spacial score (nSPS) is 15.6. The minimum absolute atomic E-state index is 0.0813. The fourth-order valence-electron chi connectivity index (χ4n) is 1.69. The van der Waals surface area contributed by atoms with Crippen LogP contribution in [0.3, 0.4) is 0 Å². The Balaban J connectivity index is 2.93. The van der Waals surface area contributed by atoms with Gasteiger partial charge >= 0.3 is 6.18 Å². The van der Waals surface area contributed by atoms with Crippen LogP contribution >= 0.6 is 0 Å². The highest BCUT2D eigenvalue weighted by Gasteiger charge is 2.32. The third-order valence-corrected chi connectivity index (χ3v) is 3.03. The van der Waals surface area contributed by atoms with E-state index in [9.17, 15) is 18.3 Å². The van der Waals surface area contributed by atoms with Crippen molar-refractivity contribution < 1.29 is 18.3 Å². The topological polar surface area (TPSA) is 33.1 Å². The summed E-state index contributed by atoms with van der Waals surface area (Å²) in [6.07, 6.45) is -2.36. The minimum atomic E-state index is -4.41. The van der Waals surface area contributed by atoms with E-state index in [0.29, 0.717) is 5.56 Å². The van der Waals surface area contributed by atoms with Crippen molar-refractivity contribution in [3.8, 4) is 0 Å². The Labute approximate surface area is 98.5 Å². The molecular weight excluding hydrogens is 231 g/mol. The lowest BCUT2D eigenvalue weighted by molar-refractivity contribution is -0.141. The first-order valence-electron chi connectivity index (χ1n) is 5.54. The van der Waals surface area contributed by atoms with Crippen LogP contribution in [0.15, 0.2) is 18.3 Å².